The van der Waals surface area contributed by atoms with Gasteiger partial charge in [-0.3, -0.25) is 9.98 Å². The lowest BCUT2D eigenvalue weighted by atomic mass is 10.1. The van der Waals surface area contributed by atoms with E-state index in [4.69, 9.17) is 0 Å². The minimum absolute atomic E-state index is 0.945. The normalized spacial score (nSPS) is 11.7. The number of thioether (sulfide) groups is 1. The lowest BCUT2D eigenvalue weighted by Crippen LogP contribution is -1.83. The van der Waals surface area contributed by atoms with Crippen LogP contribution >= 0.6 is 23.1 Å². The lowest BCUT2D eigenvalue weighted by Gasteiger charge is -1.98. The molecule has 0 atom stereocenters. The van der Waals surface area contributed by atoms with Gasteiger partial charge in [-0.1, -0.05) is 23.9 Å². The van der Waals surface area contributed by atoms with Gasteiger partial charge in [0, 0.05) is 17.8 Å². The van der Waals surface area contributed by atoms with Crippen molar-refractivity contribution in [3.05, 3.63) is 60.3 Å². The second-order valence-corrected chi connectivity index (χ2v) is 7.13. The van der Waals surface area contributed by atoms with E-state index in [-0.39, 0.29) is 0 Å². The Kier molecular flexibility index (Phi) is 3.81. The van der Waals surface area contributed by atoms with Crippen LogP contribution in [0, 0.1) is 0 Å². The molecular weight excluding hydrogens is 322 g/mol. The standard InChI is InChI=1S/C18H13N3S2/c1-22-18-21-16-7-5-14(10-17(16)23-18)20-11-12-4-6-15-13(9-12)3-2-8-19-15/h2-11H,1H3. The molecule has 4 aromatic rings. The van der Waals surface area contributed by atoms with Crippen LogP contribution in [0.3, 0.4) is 0 Å². The third-order valence-electron chi connectivity index (χ3n) is 3.52. The van der Waals surface area contributed by atoms with E-state index < -0.39 is 0 Å². The van der Waals surface area contributed by atoms with Gasteiger partial charge in [0.05, 0.1) is 21.4 Å². The van der Waals surface area contributed by atoms with E-state index >= 15 is 0 Å². The number of fused-ring (bicyclic) bond motifs is 2. The van der Waals surface area contributed by atoms with Gasteiger partial charge in [0.25, 0.3) is 0 Å². The fourth-order valence-electron chi connectivity index (χ4n) is 2.38. The van der Waals surface area contributed by atoms with Gasteiger partial charge in [-0.25, -0.2) is 4.98 Å². The van der Waals surface area contributed by atoms with Crippen molar-refractivity contribution >= 4 is 56.1 Å². The molecule has 2 aromatic carbocycles. The van der Waals surface area contributed by atoms with Crippen molar-refractivity contribution < 1.29 is 0 Å². The number of benzene rings is 2. The Balaban J connectivity index is 1.66. The van der Waals surface area contributed by atoms with Crippen molar-refractivity contribution in [2.45, 2.75) is 4.34 Å². The first kappa shape index (κ1) is 14.4. The maximum Gasteiger partial charge on any atom is 0.150 e. The van der Waals surface area contributed by atoms with Crippen molar-refractivity contribution in [2.24, 2.45) is 4.99 Å². The molecule has 2 aromatic heterocycles. The zero-order valence-corrected chi connectivity index (χ0v) is 14.1. The summed E-state index contributed by atoms with van der Waals surface area (Å²) in [5.74, 6) is 0. The predicted octanol–water partition coefficient (Wildman–Crippen LogP) is 5.32. The topological polar surface area (TPSA) is 38.1 Å². The van der Waals surface area contributed by atoms with Gasteiger partial charge in [-0.15, -0.1) is 11.3 Å². The van der Waals surface area contributed by atoms with Gasteiger partial charge >= 0.3 is 0 Å². The molecule has 2 heterocycles. The van der Waals surface area contributed by atoms with Gasteiger partial charge < -0.3 is 0 Å². The number of nitrogens with zero attached hydrogens (tertiary/aromatic N) is 3. The lowest BCUT2D eigenvalue weighted by molar-refractivity contribution is 1.31. The Labute approximate surface area is 142 Å². The number of pyridine rings is 1. The summed E-state index contributed by atoms with van der Waals surface area (Å²) >= 11 is 3.38. The molecule has 0 aliphatic rings. The highest BCUT2D eigenvalue weighted by Gasteiger charge is 2.03. The van der Waals surface area contributed by atoms with E-state index in [1.54, 1.807) is 23.1 Å². The fourth-order valence-corrected chi connectivity index (χ4v) is 3.91. The number of rotatable bonds is 3. The molecule has 0 radical (unpaired) electrons. The summed E-state index contributed by atoms with van der Waals surface area (Å²) in [5, 5.41) is 1.12. The van der Waals surface area contributed by atoms with E-state index in [0.29, 0.717) is 0 Å². The summed E-state index contributed by atoms with van der Waals surface area (Å²) in [5.41, 5.74) is 4.05. The molecule has 112 valence electrons. The summed E-state index contributed by atoms with van der Waals surface area (Å²) in [6.07, 6.45) is 5.75. The van der Waals surface area contributed by atoms with E-state index in [9.17, 15) is 0 Å². The second-order valence-electron chi connectivity index (χ2n) is 5.05. The van der Waals surface area contributed by atoms with Crippen LogP contribution in [0.5, 0.6) is 0 Å². The molecule has 0 N–H and O–H groups in total. The maximum atomic E-state index is 4.60. The minimum atomic E-state index is 0.945. The summed E-state index contributed by atoms with van der Waals surface area (Å²) in [6, 6.07) is 16.3. The van der Waals surface area contributed by atoms with Gasteiger partial charge in [-0.2, -0.15) is 0 Å². The van der Waals surface area contributed by atoms with E-state index in [0.717, 1.165) is 32.0 Å². The van der Waals surface area contributed by atoms with Crippen LogP contribution in [0.15, 0.2) is 64.1 Å². The van der Waals surface area contributed by atoms with E-state index in [1.807, 2.05) is 49.0 Å². The van der Waals surface area contributed by atoms with Crippen molar-refractivity contribution in [2.75, 3.05) is 6.26 Å². The SMILES string of the molecule is CSc1nc2ccc(N=Cc3ccc4ncccc4c3)cc2s1. The molecule has 3 nitrogen and oxygen atoms in total. The fraction of sp³-hybridized carbons (Fsp3) is 0.0556. The molecule has 0 unspecified atom stereocenters. The van der Waals surface area contributed by atoms with Gasteiger partial charge in [0.15, 0.2) is 4.34 Å². The average molecular weight is 335 g/mol. The molecule has 0 bridgehead atoms. The Bertz CT molecular complexity index is 1020. The monoisotopic (exact) mass is 335 g/mol. The molecule has 0 spiro atoms. The van der Waals surface area contributed by atoms with Crippen molar-refractivity contribution in [1.29, 1.82) is 0 Å². The van der Waals surface area contributed by atoms with Gasteiger partial charge in [-0.05, 0) is 48.2 Å². The van der Waals surface area contributed by atoms with Crippen LogP contribution in [0.1, 0.15) is 5.56 Å². The highest BCUT2D eigenvalue weighted by molar-refractivity contribution is 8.00. The van der Waals surface area contributed by atoms with E-state index in [1.165, 1.54) is 4.70 Å². The first-order valence-electron chi connectivity index (χ1n) is 7.15. The average Bonchev–Trinajstić information content (AvgIpc) is 3.02. The number of aliphatic imine (C=N–C) groups is 1. The van der Waals surface area contributed by atoms with Crippen LogP contribution in [0.4, 0.5) is 5.69 Å². The number of thiazole rings is 1. The molecular formula is C18H13N3S2. The quantitative estimate of drug-likeness (QED) is 0.376. The summed E-state index contributed by atoms with van der Waals surface area (Å²) in [6.45, 7) is 0. The number of aromatic nitrogens is 2. The molecule has 0 amide bonds. The van der Waals surface area contributed by atoms with Crippen molar-refractivity contribution in [3.8, 4) is 0 Å². The number of hydrogen-bond donors (Lipinski definition) is 0. The van der Waals surface area contributed by atoms with Crippen LogP contribution in [-0.4, -0.2) is 22.4 Å². The molecule has 4 rings (SSSR count). The molecule has 0 aliphatic heterocycles. The maximum absolute atomic E-state index is 4.60. The van der Waals surface area contributed by atoms with Crippen LogP contribution < -0.4 is 0 Å². The smallest absolute Gasteiger partial charge is 0.150 e. The van der Waals surface area contributed by atoms with Crippen molar-refractivity contribution in [3.63, 3.8) is 0 Å². The Morgan fingerprint density at radius 3 is 2.91 bits per heavy atom. The summed E-state index contributed by atoms with van der Waals surface area (Å²) < 4.78 is 2.26. The molecule has 0 aliphatic carbocycles. The third-order valence-corrected chi connectivity index (χ3v) is 5.52. The number of hydrogen-bond acceptors (Lipinski definition) is 5. The highest BCUT2D eigenvalue weighted by atomic mass is 32.2. The Morgan fingerprint density at radius 1 is 1.09 bits per heavy atom. The first-order valence-corrected chi connectivity index (χ1v) is 9.19. The van der Waals surface area contributed by atoms with Crippen LogP contribution in [0.2, 0.25) is 0 Å². The summed E-state index contributed by atoms with van der Waals surface area (Å²) in [4.78, 5) is 13.5. The Morgan fingerprint density at radius 2 is 2.00 bits per heavy atom. The van der Waals surface area contributed by atoms with Crippen LogP contribution in [0.25, 0.3) is 21.1 Å². The predicted molar refractivity (Wildman–Crippen MR) is 100 cm³/mol. The zero-order valence-electron chi connectivity index (χ0n) is 12.4. The molecule has 23 heavy (non-hydrogen) atoms. The third kappa shape index (κ3) is 2.98. The molecule has 0 saturated carbocycles. The minimum Gasteiger partial charge on any atom is -0.256 e. The summed E-state index contributed by atoms with van der Waals surface area (Å²) in [7, 11) is 0. The first-order chi connectivity index (χ1) is 11.3. The van der Waals surface area contributed by atoms with E-state index in [2.05, 4.69) is 33.2 Å². The van der Waals surface area contributed by atoms with Crippen LogP contribution in [-0.2, 0) is 0 Å². The Hall–Kier alpha value is -2.24. The van der Waals surface area contributed by atoms with Crippen molar-refractivity contribution in [1.82, 2.24) is 9.97 Å². The van der Waals surface area contributed by atoms with Gasteiger partial charge in [0.2, 0.25) is 0 Å². The molecule has 5 heteroatoms. The molecule has 0 fully saturated rings. The molecule has 0 saturated heterocycles. The second kappa shape index (κ2) is 6.10. The van der Waals surface area contributed by atoms with Gasteiger partial charge in [0.1, 0.15) is 0 Å². The largest absolute Gasteiger partial charge is 0.256 e. The highest BCUT2D eigenvalue weighted by Crippen LogP contribution is 2.30. The zero-order chi connectivity index (χ0) is 15.6.